The van der Waals surface area contributed by atoms with E-state index in [4.69, 9.17) is 0 Å². The van der Waals surface area contributed by atoms with Crippen LogP contribution in [-0.2, 0) is 0 Å². The summed E-state index contributed by atoms with van der Waals surface area (Å²) >= 11 is 0. The molecule has 7 heteroatoms. The second kappa shape index (κ2) is 11.0. The zero-order valence-electron chi connectivity index (χ0n) is 13.5. The van der Waals surface area contributed by atoms with Crippen molar-refractivity contribution in [1.82, 2.24) is 10.2 Å². The lowest BCUT2D eigenvalue weighted by atomic mass is 9.90. The van der Waals surface area contributed by atoms with Crippen LogP contribution in [0.2, 0.25) is 0 Å². The predicted octanol–water partition coefficient (Wildman–Crippen LogP) is 4.12. The van der Waals surface area contributed by atoms with Gasteiger partial charge in [-0.15, -0.1) is 24.8 Å². The fourth-order valence-corrected chi connectivity index (χ4v) is 2.93. The van der Waals surface area contributed by atoms with Crippen molar-refractivity contribution in [2.75, 3.05) is 26.2 Å². The molecule has 1 saturated heterocycles. The molecular weight excluding hydrogens is 345 g/mol. The maximum Gasteiger partial charge on any atom is 0.387 e. The predicted molar refractivity (Wildman–Crippen MR) is 94.2 cm³/mol. The van der Waals surface area contributed by atoms with E-state index in [0.29, 0.717) is 12.0 Å². The summed E-state index contributed by atoms with van der Waals surface area (Å²) in [6.45, 7) is 5.70. The lowest BCUT2D eigenvalue weighted by Crippen LogP contribution is -2.46. The van der Waals surface area contributed by atoms with Crippen LogP contribution in [0.15, 0.2) is 24.3 Å². The molecule has 0 spiro atoms. The standard InChI is InChI=1S/C16H24F2N2O.2ClH/c1-3-12(2)15(20-10-8-19-9-11-20)13-4-6-14(7-5-13)21-16(17)18;;/h4-7,12,15-16,19H,3,8-11H2,1-2H3;2*1H/t12?,15-;;/m1../s1. The summed E-state index contributed by atoms with van der Waals surface area (Å²) in [5, 5.41) is 3.36. The molecule has 0 saturated carbocycles. The van der Waals surface area contributed by atoms with Gasteiger partial charge in [-0.2, -0.15) is 8.78 Å². The van der Waals surface area contributed by atoms with Crippen molar-refractivity contribution in [1.29, 1.82) is 0 Å². The number of benzene rings is 1. The number of halogens is 4. The summed E-state index contributed by atoms with van der Waals surface area (Å²) in [6.07, 6.45) is 1.09. The van der Waals surface area contributed by atoms with Crippen LogP contribution in [0.5, 0.6) is 5.75 Å². The van der Waals surface area contributed by atoms with Crippen molar-refractivity contribution in [3.63, 3.8) is 0 Å². The van der Waals surface area contributed by atoms with Crippen LogP contribution in [0.3, 0.4) is 0 Å². The molecule has 2 atom stereocenters. The molecule has 1 heterocycles. The van der Waals surface area contributed by atoms with E-state index in [0.717, 1.165) is 32.6 Å². The monoisotopic (exact) mass is 370 g/mol. The van der Waals surface area contributed by atoms with Gasteiger partial charge in [0, 0.05) is 32.2 Å². The highest BCUT2D eigenvalue weighted by molar-refractivity contribution is 5.85. The van der Waals surface area contributed by atoms with E-state index in [9.17, 15) is 8.78 Å². The quantitative estimate of drug-likeness (QED) is 0.814. The molecule has 1 unspecified atom stereocenters. The Morgan fingerprint density at radius 1 is 1.13 bits per heavy atom. The molecule has 0 aliphatic carbocycles. The molecule has 0 aromatic heterocycles. The van der Waals surface area contributed by atoms with Crippen molar-refractivity contribution >= 4 is 24.8 Å². The second-order valence-electron chi connectivity index (χ2n) is 5.56. The molecule has 1 aromatic rings. The molecule has 0 radical (unpaired) electrons. The van der Waals surface area contributed by atoms with Crippen LogP contribution in [0.1, 0.15) is 31.9 Å². The third kappa shape index (κ3) is 6.42. The van der Waals surface area contributed by atoms with Crippen LogP contribution >= 0.6 is 24.8 Å². The van der Waals surface area contributed by atoms with E-state index >= 15 is 0 Å². The third-order valence-corrected chi connectivity index (χ3v) is 4.17. The summed E-state index contributed by atoms with van der Waals surface area (Å²) in [5.74, 6) is 0.738. The molecule has 2 rings (SSSR count). The van der Waals surface area contributed by atoms with E-state index in [1.54, 1.807) is 12.1 Å². The first kappa shape index (κ1) is 22.4. The zero-order valence-corrected chi connectivity index (χ0v) is 15.1. The first-order valence-electron chi connectivity index (χ1n) is 7.61. The largest absolute Gasteiger partial charge is 0.435 e. The smallest absolute Gasteiger partial charge is 0.387 e. The highest BCUT2D eigenvalue weighted by atomic mass is 35.5. The number of ether oxygens (including phenoxy) is 1. The highest BCUT2D eigenvalue weighted by Crippen LogP contribution is 2.32. The highest BCUT2D eigenvalue weighted by Gasteiger charge is 2.26. The summed E-state index contributed by atoms with van der Waals surface area (Å²) in [4.78, 5) is 2.48. The Bertz CT molecular complexity index is 429. The Hall–Kier alpha value is -0.620. The lowest BCUT2D eigenvalue weighted by Gasteiger charge is -2.38. The van der Waals surface area contributed by atoms with Crippen LogP contribution in [0.4, 0.5) is 8.78 Å². The topological polar surface area (TPSA) is 24.5 Å². The van der Waals surface area contributed by atoms with Crippen LogP contribution in [-0.4, -0.2) is 37.7 Å². The Labute approximate surface area is 149 Å². The van der Waals surface area contributed by atoms with Gasteiger partial charge in [0.25, 0.3) is 0 Å². The molecule has 1 aliphatic rings. The molecule has 1 aromatic carbocycles. The molecule has 1 N–H and O–H groups in total. The van der Waals surface area contributed by atoms with Gasteiger partial charge in [-0.05, 0) is 23.6 Å². The minimum absolute atomic E-state index is 0. The van der Waals surface area contributed by atoms with Gasteiger partial charge in [-0.1, -0.05) is 32.4 Å². The summed E-state index contributed by atoms with van der Waals surface area (Å²) in [5.41, 5.74) is 1.17. The fraction of sp³-hybridized carbons (Fsp3) is 0.625. The average molecular weight is 371 g/mol. The Morgan fingerprint density at radius 3 is 2.17 bits per heavy atom. The zero-order chi connectivity index (χ0) is 15.2. The number of hydrogen-bond acceptors (Lipinski definition) is 3. The SMILES string of the molecule is CCC(C)[C@H](c1ccc(OC(F)F)cc1)N1CCNCC1.Cl.Cl. The molecule has 1 aliphatic heterocycles. The van der Waals surface area contributed by atoms with Crippen molar-refractivity contribution in [3.05, 3.63) is 29.8 Å². The van der Waals surface area contributed by atoms with Gasteiger partial charge in [0.2, 0.25) is 0 Å². The van der Waals surface area contributed by atoms with Crippen molar-refractivity contribution in [2.24, 2.45) is 5.92 Å². The van der Waals surface area contributed by atoms with Crippen molar-refractivity contribution < 1.29 is 13.5 Å². The summed E-state index contributed by atoms with van der Waals surface area (Å²) < 4.78 is 28.9. The maximum atomic E-state index is 12.2. The van der Waals surface area contributed by atoms with Gasteiger partial charge < -0.3 is 10.1 Å². The van der Waals surface area contributed by atoms with E-state index < -0.39 is 6.61 Å². The lowest BCUT2D eigenvalue weighted by molar-refractivity contribution is -0.0498. The number of piperazine rings is 1. The Balaban J connectivity index is 0.00000242. The Kier molecular flexibility index (Phi) is 10.7. The number of nitrogens with one attached hydrogen (secondary N) is 1. The number of nitrogens with zero attached hydrogens (tertiary/aromatic N) is 1. The van der Waals surface area contributed by atoms with Gasteiger partial charge in [0.05, 0.1) is 0 Å². The van der Waals surface area contributed by atoms with Crippen molar-refractivity contribution in [3.8, 4) is 5.75 Å². The fourth-order valence-electron chi connectivity index (χ4n) is 2.93. The average Bonchev–Trinajstić information content (AvgIpc) is 2.49. The number of rotatable bonds is 6. The van der Waals surface area contributed by atoms with Gasteiger partial charge >= 0.3 is 6.61 Å². The van der Waals surface area contributed by atoms with Crippen LogP contribution < -0.4 is 10.1 Å². The molecule has 1 fully saturated rings. The molecule has 134 valence electrons. The van der Waals surface area contributed by atoms with E-state index in [1.807, 2.05) is 12.1 Å². The normalized spacial score (nSPS) is 17.8. The van der Waals surface area contributed by atoms with E-state index in [1.165, 1.54) is 5.56 Å². The van der Waals surface area contributed by atoms with Crippen LogP contribution in [0.25, 0.3) is 0 Å². The van der Waals surface area contributed by atoms with Gasteiger partial charge in [-0.3, -0.25) is 4.90 Å². The third-order valence-electron chi connectivity index (χ3n) is 4.17. The molecular formula is C16H26Cl2F2N2O. The van der Waals surface area contributed by atoms with Crippen LogP contribution in [0, 0.1) is 5.92 Å². The first-order chi connectivity index (χ1) is 10.1. The Morgan fingerprint density at radius 2 is 1.70 bits per heavy atom. The number of hydrogen-bond donors (Lipinski definition) is 1. The van der Waals surface area contributed by atoms with Gasteiger partial charge in [0.1, 0.15) is 5.75 Å². The maximum absolute atomic E-state index is 12.2. The summed E-state index contributed by atoms with van der Waals surface area (Å²) in [7, 11) is 0. The molecule has 3 nitrogen and oxygen atoms in total. The second-order valence-corrected chi connectivity index (χ2v) is 5.56. The number of alkyl halides is 2. The molecule has 23 heavy (non-hydrogen) atoms. The minimum atomic E-state index is -2.77. The molecule has 0 amide bonds. The molecule has 0 bridgehead atoms. The van der Waals surface area contributed by atoms with Gasteiger partial charge in [0.15, 0.2) is 0 Å². The summed E-state index contributed by atoms with van der Waals surface area (Å²) in [6, 6.07) is 7.43. The minimum Gasteiger partial charge on any atom is -0.435 e. The first-order valence-corrected chi connectivity index (χ1v) is 7.61. The van der Waals surface area contributed by atoms with E-state index in [2.05, 4.69) is 28.8 Å². The van der Waals surface area contributed by atoms with Crippen molar-refractivity contribution in [2.45, 2.75) is 32.9 Å². The van der Waals surface area contributed by atoms with E-state index in [-0.39, 0.29) is 30.6 Å². The van der Waals surface area contributed by atoms with Gasteiger partial charge in [-0.25, -0.2) is 0 Å².